The molecule has 0 aliphatic carbocycles. The zero-order valence-corrected chi connectivity index (χ0v) is 11.8. The summed E-state index contributed by atoms with van der Waals surface area (Å²) in [6.07, 6.45) is 1.66. The molecule has 1 aromatic carbocycles. The normalized spacial score (nSPS) is 10.9. The smallest absolute Gasteiger partial charge is 0.267 e. The van der Waals surface area contributed by atoms with Gasteiger partial charge < -0.3 is 0 Å². The molecular weight excluding hydrogens is 297 g/mol. The zero-order valence-electron chi connectivity index (χ0n) is 10.3. The summed E-state index contributed by atoms with van der Waals surface area (Å²) in [6, 6.07) is 10.7. The highest BCUT2D eigenvalue weighted by molar-refractivity contribution is 6.32. The Labute approximate surface area is 124 Å². The maximum atomic E-state index is 12.3. The molecule has 0 amide bonds. The Morgan fingerprint density at radius 2 is 1.90 bits per heavy atom. The van der Waals surface area contributed by atoms with Crippen LogP contribution in [0, 0.1) is 0 Å². The largest absolute Gasteiger partial charge is 0.274 e. The highest BCUT2D eigenvalue weighted by atomic mass is 35.5. The van der Waals surface area contributed by atoms with Crippen molar-refractivity contribution >= 4 is 34.0 Å². The van der Waals surface area contributed by atoms with Gasteiger partial charge in [-0.2, -0.15) is 5.10 Å². The molecule has 4 nitrogen and oxygen atoms in total. The fraction of sp³-hybridized carbons (Fsp3) is 0.0714. The van der Waals surface area contributed by atoms with Gasteiger partial charge in [-0.3, -0.25) is 4.79 Å². The number of rotatable bonds is 2. The molecule has 2 aromatic heterocycles. The minimum absolute atomic E-state index is 0.158. The molecule has 0 N–H and O–H groups in total. The van der Waals surface area contributed by atoms with Gasteiger partial charge in [0.2, 0.25) is 0 Å². The summed E-state index contributed by atoms with van der Waals surface area (Å²) in [5.41, 5.74) is 0.537. The Balaban J connectivity index is 2.07. The average molecular weight is 306 g/mol. The Morgan fingerprint density at radius 3 is 2.70 bits per heavy atom. The van der Waals surface area contributed by atoms with Gasteiger partial charge in [0.05, 0.1) is 18.1 Å². The molecule has 0 atom stereocenters. The van der Waals surface area contributed by atoms with Crippen LogP contribution < -0.4 is 5.56 Å². The number of pyridine rings is 1. The topological polar surface area (TPSA) is 47.8 Å². The molecule has 0 unspecified atom stereocenters. The van der Waals surface area contributed by atoms with Crippen LogP contribution in [0.4, 0.5) is 0 Å². The van der Waals surface area contributed by atoms with E-state index in [1.807, 2.05) is 18.2 Å². The van der Waals surface area contributed by atoms with E-state index in [4.69, 9.17) is 23.2 Å². The zero-order chi connectivity index (χ0) is 14.1. The molecule has 0 radical (unpaired) electrons. The second-order valence-corrected chi connectivity index (χ2v) is 5.02. The number of halogens is 2. The van der Waals surface area contributed by atoms with Crippen molar-refractivity contribution < 1.29 is 0 Å². The van der Waals surface area contributed by atoms with Crippen LogP contribution in [0.3, 0.4) is 0 Å². The van der Waals surface area contributed by atoms with Crippen molar-refractivity contribution in [2.24, 2.45) is 0 Å². The lowest BCUT2D eigenvalue weighted by molar-refractivity contribution is 0.646. The number of nitrogens with zero attached hydrogens (tertiary/aromatic N) is 3. The SMILES string of the molecule is O=c1c2ccccc2cnn1Cc1ccc(Cl)nc1Cl. The lowest BCUT2D eigenvalue weighted by atomic mass is 10.2. The number of benzene rings is 1. The van der Waals surface area contributed by atoms with Crippen molar-refractivity contribution in [3.05, 3.63) is 68.8 Å². The second-order valence-electron chi connectivity index (χ2n) is 4.28. The van der Waals surface area contributed by atoms with Gasteiger partial charge in [-0.05, 0) is 12.1 Å². The highest BCUT2D eigenvalue weighted by Crippen LogP contribution is 2.17. The quantitative estimate of drug-likeness (QED) is 0.683. The number of fused-ring (bicyclic) bond motifs is 1. The van der Waals surface area contributed by atoms with E-state index in [0.29, 0.717) is 16.1 Å². The summed E-state index contributed by atoms with van der Waals surface area (Å²) in [7, 11) is 0. The lowest BCUT2D eigenvalue weighted by Crippen LogP contribution is -2.23. The number of hydrogen-bond donors (Lipinski definition) is 0. The first-order valence-electron chi connectivity index (χ1n) is 5.91. The minimum Gasteiger partial charge on any atom is -0.267 e. The van der Waals surface area contributed by atoms with Gasteiger partial charge in [-0.15, -0.1) is 0 Å². The first-order valence-corrected chi connectivity index (χ1v) is 6.66. The van der Waals surface area contributed by atoms with Crippen molar-refractivity contribution in [3.63, 3.8) is 0 Å². The van der Waals surface area contributed by atoms with Crippen LogP contribution in [0.15, 0.2) is 47.4 Å². The summed E-state index contributed by atoms with van der Waals surface area (Å²) in [5, 5.41) is 6.18. The Bertz CT molecular complexity index is 845. The van der Waals surface area contributed by atoms with E-state index in [1.54, 1.807) is 24.4 Å². The molecule has 3 rings (SSSR count). The maximum absolute atomic E-state index is 12.3. The van der Waals surface area contributed by atoms with Gasteiger partial charge >= 0.3 is 0 Å². The standard InChI is InChI=1S/C14H9Cl2N3O/c15-12-6-5-10(13(16)18-12)8-19-14(20)11-4-2-1-3-9(11)7-17-19/h1-7H,8H2. The Hall–Kier alpha value is -1.91. The van der Waals surface area contributed by atoms with Crippen molar-refractivity contribution in [1.29, 1.82) is 0 Å². The molecule has 0 bridgehead atoms. The minimum atomic E-state index is -0.158. The first-order chi connectivity index (χ1) is 9.65. The summed E-state index contributed by atoms with van der Waals surface area (Å²) in [5.74, 6) is 0. The van der Waals surface area contributed by atoms with Gasteiger partial charge in [0.1, 0.15) is 10.3 Å². The van der Waals surface area contributed by atoms with E-state index in [-0.39, 0.29) is 17.3 Å². The molecule has 0 aliphatic rings. The molecule has 100 valence electrons. The molecule has 20 heavy (non-hydrogen) atoms. The van der Waals surface area contributed by atoms with E-state index in [9.17, 15) is 4.79 Å². The number of hydrogen-bond acceptors (Lipinski definition) is 3. The maximum Gasteiger partial charge on any atom is 0.274 e. The van der Waals surface area contributed by atoms with Crippen molar-refractivity contribution in [2.45, 2.75) is 6.54 Å². The molecule has 0 saturated heterocycles. The van der Waals surface area contributed by atoms with Crippen LogP contribution in [0.2, 0.25) is 10.3 Å². The summed E-state index contributed by atoms with van der Waals surface area (Å²) in [6.45, 7) is 0.257. The first kappa shape index (κ1) is 13.1. The van der Waals surface area contributed by atoms with Crippen LogP contribution in [0.25, 0.3) is 10.8 Å². The van der Waals surface area contributed by atoms with E-state index in [0.717, 1.165) is 5.39 Å². The summed E-state index contributed by atoms with van der Waals surface area (Å²) in [4.78, 5) is 16.3. The fourth-order valence-electron chi connectivity index (χ4n) is 1.96. The van der Waals surface area contributed by atoms with Gasteiger partial charge in [0, 0.05) is 10.9 Å². The predicted octanol–water partition coefficient (Wildman–Crippen LogP) is 3.15. The third-order valence-electron chi connectivity index (χ3n) is 2.97. The van der Waals surface area contributed by atoms with Crippen LogP contribution in [0.5, 0.6) is 0 Å². The Morgan fingerprint density at radius 1 is 1.10 bits per heavy atom. The summed E-state index contributed by atoms with van der Waals surface area (Å²) < 4.78 is 1.36. The molecule has 2 heterocycles. The van der Waals surface area contributed by atoms with Gasteiger partial charge in [-0.1, -0.05) is 47.5 Å². The van der Waals surface area contributed by atoms with Crippen LogP contribution >= 0.6 is 23.2 Å². The third kappa shape index (κ3) is 2.40. The van der Waals surface area contributed by atoms with E-state index in [1.165, 1.54) is 4.68 Å². The second kappa shape index (κ2) is 5.23. The van der Waals surface area contributed by atoms with Crippen molar-refractivity contribution in [2.75, 3.05) is 0 Å². The monoisotopic (exact) mass is 305 g/mol. The highest BCUT2D eigenvalue weighted by Gasteiger charge is 2.08. The van der Waals surface area contributed by atoms with Crippen LogP contribution in [-0.2, 0) is 6.54 Å². The van der Waals surface area contributed by atoms with Crippen LogP contribution in [-0.4, -0.2) is 14.8 Å². The van der Waals surface area contributed by atoms with Gasteiger partial charge in [-0.25, -0.2) is 9.67 Å². The van der Waals surface area contributed by atoms with Crippen molar-refractivity contribution in [1.82, 2.24) is 14.8 Å². The van der Waals surface area contributed by atoms with Crippen LogP contribution in [0.1, 0.15) is 5.56 Å². The Kier molecular flexibility index (Phi) is 3.42. The predicted molar refractivity (Wildman–Crippen MR) is 79.4 cm³/mol. The molecule has 0 spiro atoms. The molecule has 0 fully saturated rings. The molecule has 6 heteroatoms. The fourth-order valence-corrected chi connectivity index (χ4v) is 2.37. The molecule has 3 aromatic rings. The van der Waals surface area contributed by atoms with E-state index < -0.39 is 0 Å². The number of aromatic nitrogens is 3. The molecular formula is C14H9Cl2N3O. The molecule has 0 saturated carbocycles. The van der Waals surface area contributed by atoms with Gasteiger partial charge in [0.15, 0.2) is 0 Å². The van der Waals surface area contributed by atoms with Gasteiger partial charge in [0.25, 0.3) is 5.56 Å². The average Bonchev–Trinajstić information content (AvgIpc) is 2.45. The van der Waals surface area contributed by atoms with Crippen molar-refractivity contribution in [3.8, 4) is 0 Å². The van der Waals surface area contributed by atoms with E-state index in [2.05, 4.69) is 10.1 Å². The molecule has 0 aliphatic heterocycles. The van der Waals surface area contributed by atoms with E-state index >= 15 is 0 Å². The third-order valence-corrected chi connectivity index (χ3v) is 3.51. The lowest BCUT2D eigenvalue weighted by Gasteiger charge is -2.07. The summed E-state index contributed by atoms with van der Waals surface area (Å²) >= 11 is 11.8.